The van der Waals surface area contributed by atoms with Crippen molar-refractivity contribution in [3.05, 3.63) is 47.3 Å². The van der Waals surface area contributed by atoms with Gasteiger partial charge in [0.1, 0.15) is 5.82 Å². The predicted octanol–water partition coefficient (Wildman–Crippen LogP) is 3.48. The number of anilines is 1. The Hall–Kier alpha value is -2.70. The lowest BCUT2D eigenvalue weighted by Gasteiger charge is -2.30. The summed E-state index contributed by atoms with van der Waals surface area (Å²) >= 11 is 0. The number of carbonyl (C=O) groups is 2. The first-order valence-corrected chi connectivity index (χ1v) is 9.98. The van der Waals surface area contributed by atoms with Crippen molar-refractivity contribution in [3.8, 4) is 0 Å². The second kappa shape index (κ2) is 7.73. The normalized spacial score (nSPS) is 17.3. The number of aromatic nitrogens is 2. The van der Waals surface area contributed by atoms with Crippen LogP contribution in [0.15, 0.2) is 24.3 Å². The molecule has 3 heterocycles. The summed E-state index contributed by atoms with van der Waals surface area (Å²) in [7, 11) is 0. The SMILES string of the molecule is CC1CCN(C(=O)c2nc(C(=O)Nc3cccc(F)c3)c3n2CCCC3)CC1. The lowest BCUT2D eigenvalue weighted by molar-refractivity contribution is 0.0678. The number of benzene rings is 1. The third kappa shape index (κ3) is 3.66. The second-order valence-corrected chi connectivity index (χ2v) is 7.78. The van der Waals surface area contributed by atoms with Gasteiger partial charge in [-0.05, 0) is 56.2 Å². The van der Waals surface area contributed by atoms with E-state index in [1.807, 2.05) is 9.47 Å². The molecule has 6 nitrogen and oxygen atoms in total. The lowest BCUT2D eigenvalue weighted by Crippen LogP contribution is -2.39. The van der Waals surface area contributed by atoms with Crippen LogP contribution in [0.2, 0.25) is 0 Å². The van der Waals surface area contributed by atoms with Crippen LogP contribution in [0.1, 0.15) is 59.4 Å². The summed E-state index contributed by atoms with van der Waals surface area (Å²) in [4.78, 5) is 32.2. The van der Waals surface area contributed by atoms with Crippen LogP contribution in [-0.2, 0) is 13.0 Å². The number of hydrogen-bond acceptors (Lipinski definition) is 3. The molecule has 2 aliphatic rings. The molecule has 1 aromatic heterocycles. The van der Waals surface area contributed by atoms with Gasteiger partial charge in [-0.1, -0.05) is 13.0 Å². The van der Waals surface area contributed by atoms with Gasteiger partial charge in [0.05, 0.1) is 5.69 Å². The Balaban J connectivity index is 1.61. The number of likely N-dealkylation sites (tertiary alicyclic amines) is 1. The van der Waals surface area contributed by atoms with Gasteiger partial charge in [-0.2, -0.15) is 0 Å². The number of nitrogens with one attached hydrogen (secondary N) is 1. The first kappa shape index (κ1) is 18.7. The fraction of sp³-hybridized carbons (Fsp3) is 0.476. The molecule has 1 saturated heterocycles. The fourth-order valence-corrected chi connectivity index (χ4v) is 4.00. The molecule has 0 aliphatic carbocycles. The van der Waals surface area contributed by atoms with E-state index in [9.17, 15) is 14.0 Å². The van der Waals surface area contributed by atoms with Crippen molar-refractivity contribution in [2.24, 2.45) is 5.92 Å². The van der Waals surface area contributed by atoms with E-state index in [2.05, 4.69) is 17.2 Å². The average molecular weight is 384 g/mol. The highest BCUT2D eigenvalue weighted by Crippen LogP contribution is 2.25. The number of carbonyl (C=O) groups excluding carboxylic acids is 2. The molecule has 4 rings (SSSR count). The Bertz CT molecular complexity index is 900. The molecule has 1 N–H and O–H groups in total. The number of imidazole rings is 1. The van der Waals surface area contributed by atoms with Crippen molar-refractivity contribution in [1.29, 1.82) is 0 Å². The topological polar surface area (TPSA) is 67.2 Å². The maximum atomic E-state index is 13.4. The zero-order valence-electron chi connectivity index (χ0n) is 16.1. The first-order chi connectivity index (χ1) is 13.5. The summed E-state index contributed by atoms with van der Waals surface area (Å²) < 4.78 is 15.3. The molecule has 0 spiro atoms. The quantitative estimate of drug-likeness (QED) is 0.881. The minimum atomic E-state index is -0.417. The van der Waals surface area contributed by atoms with Crippen LogP contribution in [0, 0.1) is 11.7 Å². The summed E-state index contributed by atoms with van der Waals surface area (Å²) in [6.07, 6.45) is 4.62. The predicted molar refractivity (Wildman–Crippen MR) is 104 cm³/mol. The minimum Gasteiger partial charge on any atom is -0.336 e. The molecule has 0 bridgehead atoms. The summed E-state index contributed by atoms with van der Waals surface area (Å²) in [5.41, 5.74) is 1.45. The molecule has 2 aliphatic heterocycles. The monoisotopic (exact) mass is 384 g/mol. The van der Waals surface area contributed by atoms with Crippen molar-refractivity contribution in [2.75, 3.05) is 18.4 Å². The van der Waals surface area contributed by atoms with Gasteiger partial charge in [0, 0.05) is 25.3 Å². The molecular weight excluding hydrogens is 359 g/mol. The molecule has 28 heavy (non-hydrogen) atoms. The van der Waals surface area contributed by atoms with E-state index in [1.54, 1.807) is 12.1 Å². The molecule has 2 aromatic rings. The highest BCUT2D eigenvalue weighted by Gasteiger charge is 2.31. The van der Waals surface area contributed by atoms with Crippen LogP contribution in [0.3, 0.4) is 0 Å². The van der Waals surface area contributed by atoms with Crippen LogP contribution in [0.25, 0.3) is 0 Å². The first-order valence-electron chi connectivity index (χ1n) is 9.98. The van der Waals surface area contributed by atoms with Gasteiger partial charge in [-0.15, -0.1) is 0 Å². The summed E-state index contributed by atoms with van der Waals surface area (Å²) in [6.45, 7) is 4.36. The van der Waals surface area contributed by atoms with E-state index < -0.39 is 11.7 Å². The zero-order valence-corrected chi connectivity index (χ0v) is 16.1. The second-order valence-electron chi connectivity index (χ2n) is 7.78. The number of piperidine rings is 1. The Labute approximate surface area is 163 Å². The van der Waals surface area contributed by atoms with Crippen molar-refractivity contribution >= 4 is 17.5 Å². The maximum absolute atomic E-state index is 13.4. The molecule has 2 amide bonds. The van der Waals surface area contributed by atoms with Crippen molar-refractivity contribution in [1.82, 2.24) is 14.5 Å². The third-order valence-electron chi connectivity index (χ3n) is 5.68. The fourth-order valence-electron chi connectivity index (χ4n) is 4.00. The van der Waals surface area contributed by atoms with Gasteiger partial charge >= 0.3 is 0 Å². The number of hydrogen-bond donors (Lipinski definition) is 1. The third-order valence-corrected chi connectivity index (χ3v) is 5.68. The van der Waals surface area contributed by atoms with Gasteiger partial charge in [-0.25, -0.2) is 9.37 Å². The van der Waals surface area contributed by atoms with Gasteiger partial charge < -0.3 is 14.8 Å². The number of amides is 2. The van der Waals surface area contributed by atoms with E-state index in [1.165, 1.54) is 12.1 Å². The molecule has 0 unspecified atom stereocenters. The lowest BCUT2D eigenvalue weighted by atomic mass is 9.99. The van der Waals surface area contributed by atoms with E-state index in [0.29, 0.717) is 30.4 Å². The van der Waals surface area contributed by atoms with Crippen LogP contribution in [0.4, 0.5) is 10.1 Å². The van der Waals surface area contributed by atoms with Gasteiger partial charge in [0.15, 0.2) is 11.5 Å². The molecule has 1 fully saturated rings. The molecule has 148 valence electrons. The largest absolute Gasteiger partial charge is 0.336 e. The van der Waals surface area contributed by atoms with E-state index in [0.717, 1.165) is 44.5 Å². The molecule has 0 atom stereocenters. The Kier molecular flexibility index (Phi) is 5.15. The molecule has 7 heteroatoms. The summed E-state index contributed by atoms with van der Waals surface area (Å²) in [5.74, 6) is 0.0711. The van der Waals surface area contributed by atoms with Gasteiger partial charge in [0.2, 0.25) is 0 Å². The van der Waals surface area contributed by atoms with E-state index in [-0.39, 0.29) is 11.6 Å². The average Bonchev–Trinajstić information content (AvgIpc) is 3.08. The molecular formula is C21H25FN4O2. The van der Waals surface area contributed by atoms with Crippen molar-refractivity contribution in [3.63, 3.8) is 0 Å². The number of rotatable bonds is 3. The highest BCUT2D eigenvalue weighted by molar-refractivity contribution is 6.05. The van der Waals surface area contributed by atoms with Crippen molar-refractivity contribution < 1.29 is 14.0 Å². The van der Waals surface area contributed by atoms with E-state index in [4.69, 9.17) is 0 Å². The molecule has 1 aromatic carbocycles. The summed E-state index contributed by atoms with van der Waals surface area (Å²) in [6, 6.07) is 5.76. The number of nitrogens with zero attached hydrogens (tertiary/aromatic N) is 3. The van der Waals surface area contributed by atoms with Crippen LogP contribution >= 0.6 is 0 Å². The van der Waals surface area contributed by atoms with Crippen LogP contribution in [-0.4, -0.2) is 39.4 Å². The Morgan fingerprint density at radius 1 is 1.18 bits per heavy atom. The molecule has 0 saturated carbocycles. The van der Waals surface area contributed by atoms with Gasteiger partial charge in [0.25, 0.3) is 11.8 Å². The zero-order chi connectivity index (χ0) is 19.7. The highest BCUT2D eigenvalue weighted by atomic mass is 19.1. The smallest absolute Gasteiger partial charge is 0.289 e. The van der Waals surface area contributed by atoms with Gasteiger partial charge in [-0.3, -0.25) is 9.59 Å². The van der Waals surface area contributed by atoms with E-state index >= 15 is 0 Å². The van der Waals surface area contributed by atoms with Crippen LogP contribution in [0.5, 0.6) is 0 Å². The number of fused-ring (bicyclic) bond motifs is 1. The molecule has 0 radical (unpaired) electrons. The summed E-state index contributed by atoms with van der Waals surface area (Å²) in [5, 5.41) is 2.71. The minimum absolute atomic E-state index is 0.0974. The standard InChI is InChI=1S/C21H25FN4O2/c1-14-8-11-25(12-9-14)21(28)19-24-18(17-7-2-3-10-26(17)19)20(27)23-16-6-4-5-15(22)13-16/h4-6,13-14H,2-3,7-12H2,1H3,(H,23,27). The maximum Gasteiger partial charge on any atom is 0.289 e. The van der Waals surface area contributed by atoms with Crippen molar-refractivity contribution in [2.45, 2.75) is 45.6 Å². The number of halogens is 1. The Morgan fingerprint density at radius 2 is 1.96 bits per heavy atom. The Morgan fingerprint density at radius 3 is 2.71 bits per heavy atom. The van der Waals surface area contributed by atoms with Crippen LogP contribution < -0.4 is 5.32 Å².